The van der Waals surface area contributed by atoms with Gasteiger partial charge in [-0.05, 0) is 35.7 Å². The van der Waals surface area contributed by atoms with E-state index in [9.17, 15) is 4.79 Å². The molecule has 1 heterocycles. The highest BCUT2D eigenvalue weighted by Gasteiger charge is 2.02. The topological polar surface area (TPSA) is 54.0 Å². The van der Waals surface area contributed by atoms with Crippen LogP contribution in [0.2, 0.25) is 0 Å². The van der Waals surface area contributed by atoms with E-state index in [1.54, 1.807) is 6.20 Å². The number of carbonyl (C=O) groups is 1. The fraction of sp³-hybridized carbons (Fsp3) is 0.333. The molecular formula is C18H23N3O. The Morgan fingerprint density at radius 1 is 1.14 bits per heavy atom. The Bertz CT molecular complexity index is 579. The molecule has 0 saturated heterocycles. The normalized spacial score (nSPS) is 10.5. The van der Waals surface area contributed by atoms with Crippen LogP contribution in [-0.2, 0) is 11.3 Å². The second-order valence-electron chi connectivity index (χ2n) is 5.55. The van der Waals surface area contributed by atoms with Crippen molar-refractivity contribution >= 4 is 11.6 Å². The molecule has 0 saturated carbocycles. The number of nitrogens with one attached hydrogen (secondary N) is 2. The predicted octanol–water partition coefficient (Wildman–Crippen LogP) is 3.32. The van der Waals surface area contributed by atoms with Crippen LogP contribution in [0.5, 0.6) is 0 Å². The Morgan fingerprint density at radius 2 is 1.91 bits per heavy atom. The van der Waals surface area contributed by atoms with E-state index in [0.717, 1.165) is 11.4 Å². The molecule has 0 spiro atoms. The molecule has 2 rings (SSSR count). The Hall–Kier alpha value is -2.36. The van der Waals surface area contributed by atoms with Crippen molar-refractivity contribution < 1.29 is 4.79 Å². The molecule has 0 fully saturated rings. The minimum Gasteiger partial charge on any atom is -0.385 e. The van der Waals surface area contributed by atoms with Gasteiger partial charge >= 0.3 is 0 Å². The first-order valence-corrected chi connectivity index (χ1v) is 7.65. The number of hydrogen-bond donors (Lipinski definition) is 2. The van der Waals surface area contributed by atoms with Gasteiger partial charge in [-0.2, -0.15) is 0 Å². The summed E-state index contributed by atoms with van der Waals surface area (Å²) in [6, 6.07) is 14.0. The van der Waals surface area contributed by atoms with Crippen molar-refractivity contribution in [2.45, 2.75) is 32.7 Å². The molecule has 0 aliphatic carbocycles. The lowest BCUT2D eigenvalue weighted by atomic mass is 10.0. The van der Waals surface area contributed by atoms with Crippen LogP contribution in [0.1, 0.15) is 37.4 Å². The summed E-state index contributed by atoms with van der Waals surface area (Å²) in [7, 11) is 0. The number of rotatable bonds is 7. The van der Waals surface area contributed by atoms with Crippen molar-refractivity contribution in [2.75, 3.05) is 11.9 Å². The van der Waals surface area contributed by atoms with Crippen LogP contribution in [0, 0.1) is 0 Å². The largest absolute Gasteiger partial charge is 0.385 e. The lowest BCUT2D eigenvalue weighted by molar-refractivity contribution is -0.121. The number of hydrogen-bond acceptors (Lipinski definition) is 3. The van der Waals surface area contributed by atoms with Gasteiger partial charge in [0.25, 0.3) is 0 Å². The third-order valence-electron chi connectivity index (χ3n) is 3.45. The Morgan fingerprint density at radius 3 is 2.55 bits per heavy atom. The lowest BCUT2D eigenvalue weighted by Gasteiger charge is -2.09. The maximum atomic E-state index is 11.8. The third-order valence-corrected chi connectivity index (χ3v) is 3.45. The molecule has 4 heteroatoms. The maximum absolute atomic E-state index is 11.8. The van der Waals surface area contributed by atoms with Crippen LogP contribution >= 0.6 is 0 Å². The van der Waals surface area contributed by atoms with Crippen molar-refractivity contribution in [3.8, 4) is 0 Å². The van der Waals surface area contributed by atoms with Crippen LogP contribution in [0.4, 0.5) is 5.69 Å². The first-order valence-electron chi connectivity index (χ1n) is 7.65. The summed E-state index contributed by atoms with van der Waals surface area (Å²) in [6.45, 7) is 5.45. The number of amides is 1. The molecule has 0 bridgehead atoms. The van der Waals surface area contributed by atoms with Crippen molar-refractivity contribution in [2.24, 2.45) is 0 Å². The molecule has 1 aromatic heterocycles. The summed E-state index contributed by atoms with van der Waals surface area (Å²) in [4.78, 5) is 15.9. The van der Waals surface area contributed by atoms with E-state index in [-0.39, 0.29) is 5.91 Å². The van der Waals surface area contributed by atoms with Gasteiger partial charge in [-0.3, -0.25) is 9.78 Å². The van der Waals surface area contributed by atoms with E-state index in [0.29, 0.717) is 25.4 Å². The third kappa shape index (κ3) is 5.20. The zero-order chi connectivity index (χ0) is 15.8. The molecular weight excluding hydrogens is 274 g/mol. The second-order valence-corrected chi connectivity index (χ2v) is 5.55. The van der Waals surface area contributed by atoms with Gasteiger partial charge < -0.3 is 10.6 Å². The summed E-state index contributed by atoms with van der Waals surface area (Å²) < 4.78 is 0. The summed E-state index contributed by atoms with van der Waals surface area (Å²) in [6.07, 6.45) is 2.17. The summed E-state index contributed by atoms with van der Waals surface area (Å²) in [5.74, 6) is 0.559. The standard InChI is InChI=1S/C18H23N3O/c1-14(2)15-6-8-16(9-7-15)20-12-10-18(22)21-13-17-5-3-4-11-19-17/h3-9,11,14,20H,10,12-13H2,1-2H3,(H,21,22). The van der Waals surface area contributed by atoms with Crippen LogP contribution in [-0.4, -0.2) is 17.4 Å². The molecule has 0 aliphatic heterocycles. The van der Waals surface area contributed by atoms with Crippen LogP contribution < -0.4 is 10.6 Å². The quantitative estimate of drug-likeness (QED) is 0.824. The van der Waals surface area contributed by atoms with Crippen LogP contribution in [0.15, 0.2) is 48.7 Å². The van der Waals surface area contributed by atoms with E-state index < -0.39 is 0 Å². The van der Waals surface area contributed by atoms with E-state index in [1.165, 1.54) is 5.56 Å². The molecule has 2 N–H and O–H groups in total. The van der Waals surface area contributed by atoms with Gasteiger partial charge in [0.1, 0.15) is 0 Å². The van der Waals surface area contributed by atoms with Gasteiger partial charge in [0.2, 0.25) is 5.91 Å². The average molecular weight is 297 g/mol. The zero-order valence-corrected chi connectivity index (χ0v) is 13.2. The van der Waals surface area contributed by atoms with Gasteiger partial charge in [0, 0.05) is 24.8 Å². The zero-order valence-electron chi connectivity index (χ0n) is 13.2. The lowest BCUT2D eigenvalue weighted by Crippen LogP contribution is -2.25. The van der Waals surface area contributed by atoms with E-state index in [1.807, 2.05) is 18.2 Å². The minimum atomic E-state index is 0.0250. The van der Waals surface area contributed by atoms with E-state index in [2.05, 4.69) is 53.7 Å². The minimum absolute atomic E-state index is 0.0250. The number of nitrogens with zero attached hydrogens (tertiary/aromatic N) is 1. The fourth-order valence-corrected chi connectivity index (χ4v) is 2.09. The van der Waals surface area contributed by atoms with Gasteiger partial charge in [0.15, 0.2) is 0 Å². The molecule has 0 aliphatic rings. The van der Waals surface area contributed by atoms with Gasteiger partial charge in [-0.1, -0.05) is 32.0 Å². The highest BCUT2D eigenvalue weighted by atomic mass is 16.1. The van der Waals surface area contributed by atoms with Crippen LogP contribution in [0.25, 0.3) is 0 Å². The number of aromatic nitrogens is 1. The number of pyridine rings is 1. The predicted molar refractivity (Wildman–Crippen MR) is 89.7 cm³/mol. The number of benzene rings is 1. The monoisotopic (exact) mass is 297 g/mol. The molecule has 0 unspecified atom stereocenters. The Kier molecular flexibility index (Phi) is 5.95. The number of anilines is 1. The van der Waals surface area contributed by atoms with E-state index in [4.69, 9.17) is 0 Å². The smallest absolute Gasteiger partial charge is 0.222 e. The first-order chi connectivity index (χ1) is 10.6. The molecule has 22 heavy (non-hydrogen) atoms. The summed E-state index contributed by atoms with van der Waals surface area (Å²) in [5, 5.41) is 6.13. The number of carbonyl (C=O) groups excluding carboxylic acids is 1. The Labute approximate surface area is 132 Å². The molecule has 0 radical (unpaired) electrons. The van der Waals surface area contributed by atoms with Crippen molar-refractivity contribution in [3.05, 3.63) is 59.9 Å². The van der Waals surface area contributed by atoms with E-state index >= 15 is 0 Å². The summed E-state index contributed by atoms with van der Waals surface area (Å²) in [5.41, 5.74) is 3.23. The molecule has 1 amide bonds. The summed E-state index contributed by atoms with van der Waals surface area (Å²) >= 11 is 0. The molecule has 4 nitrogen and oxygen atoms in total. The van der Waals surface area contributed by atoms with Gasteiger partial charge in [-0.25, -0.2) is 0 Å². The van der Waals surface area contributed by atoms with Crippen molar-refractivity contribution in [1.82, 2.24) is 10.3 Å². The highest BCUT2D eigenvalue weighted by molar-refractivity contribution is 5.76. The van der Waals surface area contributed by atoms with Gasteiger partial charge in [-0.15, -0.1) is 0 Å². The van der Waals surface area contributed by atoms with Crippen LogP contribution in [0.3, 0.4) is 0 Å². The molecule has 1 aromatic carbocycles. The molecule has 116 valence electrons. The first kappa shape index (κ1) is 16.0. The molecule has 0 atom stereocenters. The maximum Gasteiger partial charge on any atom is 0.222 e. The fourth-order valence-electron chi connectivity index (χ4n) is 2.09. The SMILES string of the molecule is CC(C)c1ccc(NCCC(=O)NCc2ccccn2)cc1. The second kappa shape index (κ2) is 8.17. The Balaban J connectivity index is 1.68. The van der Waals surface area contributed by atoms with Crippen molar-refractivity contribution in [1.29, 1.82) is 0 Å². The van der Waals surface area contributed by atoms with Gasteiger partial charge in [0.05, 0.1) is 12.2 Å². The average Bonchev–Trinajstić information content (AvgIpc) is 2.54. The highest BCUT2D eigenvalue weighted by Crippen LogP contribution is 2.16. The molecule has 2 aromatic rings. The van der Waals surface area contributed by atoms with Crippen molar-refractivity contribution in [3.63, 3.8) is 0 Å².